The number of hydrogen-bond donors (Lipinski definition) is 1. The lowest BCUT2D eigenvalue weighted by molar-refractivity contribution is 0.102. The van der Waals surface area contributed by atoms with Crippen molar-refractivity contribution in [2.45, 2.75) is 19.9 Å². The van der Waals surface area contributed by atoms with Crippen LogP contribution in [0.4, 0.5) is 5.00 Å². The van der Waals surface area contributed by atoms with Gasteiger partial charge >= 0.3 is 0 Å². The summed E-state index contributed by atoms with van der Waals surface area (Å²) in [6, 6.07) is 26.3. The van der Waals surface area contributed by atoms with Crippen LogP contribution in [-0.4, -0.2) is 28.9 Å². The zero-order valence-electron chi connectivity index (χ0n) is 19.9. The van der Waals surface area contributed by atoms with Crippen LogP contribution >= 0.6 is 35.1 Å². The fourth-order valence-corrected chi connectivity index (χ4v) is 7.04. The number of carbonyl (C=O) groups excluding carboxylic acids is 1. The molecule has 0 saturated carbocycles. The number of thiophene rings is 1. The maximum absolute atomic E-state index is 13.3. The van der Waals surface area contributed by atoms with Gasteiger partial charge in [-0.05, 0) is 53.9 Å². The minimum absolute atomic E-state index is 0. The van der Waals surface area contributed by atoms with Crippen LogP contribution in [-0.2, 0) is 13.0 Å². The number of anilines is 1. The van der Waals surface area contributed by atoms with Crippen LogP contribution in [0.1, 0.15) is 27.7 Å². The Morgan fingerprint density at radius 1 is 0.944 bits per heavy atom. The number of halogens is 1. The molecule has 3 aromatic carbocycles. The molecular formula is C29H26ClN3OS2. The Hall–Kier alpha value is -3.03. The van der Waals surface area contributed by atoms with E-state index in [-0.39, 0.29) is 18.3 Å². The van der Waals surface area contributed by atoms with Crippen LogP contribution in [0.2, 0.25) is 0 Å². The summed E-state index contributed by atoms with van der Waals surface area (Å²) in [7, 11) is 0. The second-order valence-corrected chi connectivity index (χ2v) is 10.8. The quantitative estimate of drug-likeness (QED) is 0.252. The Kier molecular flexibility index (Phi) is 7.21. The summed E-state index contributed by atoms with van der Waals surface area (Å²) in [5.74, 6) is -0.0853. The average Bonchev–Trinajstić information content (AvgIpc) is 3.49. The van der Waals surface area contributed by atoms with Gasteiger partial charge in [0.15, 0.2) is 0 Å². The molecule has 36 heavy (non-hydrogen) atoms. The number of amides is 1. The molecular weight excluding hydrogens is 506 g/mol. The van der Waals surface area contributed by atoms with Gasteiger partial charge in [0, 0.05) is 29.1 Å². The molecule has 1 N–H and O–H groups in total. The van der Waals surface area contributed by atoms with Crippen LogP contribution < -0.4 is 5.32 Å². The van der Waals surface area contributed by atoms with Gasteiger partial charge in [0.05, 0.1) is 10.2 Å². The van der Waals surface area contributed by atoms with Gasteiger partial charge in [-0.2, -0.15) is 0 Å². The summed E-state index contributed by atoms with van der Waals surface area (Å²) < 4.78 is 1.17. The van der Waals surface area contributed by atoms with Gasteiger partial charge in [-0.25, -0.2) is 4.98 Å². The van der Waals surface area contributed by atoms with Crippen LogP contribution in [0.25, 0.3) is 31.9 Å². The summed E-state index contributed by atoms with van der Waals surface area (Å²) >= 11 is 3.40. The smallest absolute Gasteiger partial charge is 0.256 e. The van der Waals surface area contributed by atoms with Gasteiger partial charge in [-0.1, -0.05) is 61.5 Å². The predicted molar refractivity (Wildman–Crippen MR) is 155 cm³/mol. The first-order valence-electron chi connectivity index (χ1n) is 11.9. The second-order valence-electron chi connectivity index (χ2n) is 8.71. The highest BCUT2D eigenvalue weighted by atomic mass is 35.5. The molecule has 0 atom stereocenters. The molecule has 0 spiro atoms. The van der Waals surface area contributed by atoms with Gasteiger partial charge < -0.3 is 5.32 Å². The third kappa shape index (κ3) is 4.70. The molecule has 4 nitrogen and oxygen atoms in total. The number of carbonyl (C=O) groups is 1. The minimum atomic E-state index is -0.0853. The Bertz CT molecular complexity index is 1480. The van der Waals surface area contributed by atoms with Crippen LogP contribution in [0.15, 0.2) is 78.9 Å². The number of thiazole rings is 1. The molecule has 182 valence electrons. The van der Waals surface area contributed by atoms with Crippen molar-refractivity contribution in [1.82, 2.24) is 9.88 Å². The Morgan fingerprint density at radius 2 is 1.67 bits per heavy atom. The van der Waals surface area contributed by atoms with Gasteiger partial charge in [-0.15, -0.1) is 35.1 Å². The van der Waals surface area contributed by atoms with Crippen molar-refractivity contribution in [2.75, 3.05) is 18.4 Å². The summed E-state index contributed by atoms with van der Waals surface area (Å²) in [5, 5.41) is 5.14. The van der Waals surface area contributed by atoms with Gasteiger partial charge in [0.2, 0.25) is 0 Å². The summed E-state index contributed by atoms with van der Waals surface area (Å²) in [4.78, 5) is 22.1. The Balaban J connectivity index is 0.00000267. The van der Waals surface area contributed by atoms with Crippen molar-refractivity contribution in [3.05, 3.63) is 94.9 Å². The first-order valence-corrected chi connectivity index (χ1v) is 13.5. The normalized spacial score (nSPS) is 13.2. The molecule has 1 amide bonds. The van der Waals surface area contributed by atoms with Crippen LogP contribution in [0.3, 0.4) is 0 Å². The maximum Gasteiger partial charge on any atom is 0.256 e. The maximum atomic E-state index is 13.3. The molecule has 6 rings (SSSR count). The summed E-state index contributed by atoms with van der Waals surface area (Å²) in [6.07, 6.45) is 0.979. The third-order valence-electron chi connectivity index (χ3n) is 6.57. The van der Waals surface area contributed by atoms with E-state index in [1.807, 2.05) is 54.6 Å². The number of benzene rings is 3. The zero-order valence-corrected chi connectivity index (χ0v) is 22.3. The number of nitrogens with one attached hydrogen (secondary N) is 1. The lowest BCUT2D eigenvalue weighted by Gasteiger charge is -2.25. The number of rotatable bonds is 5. The lowest BCUT2D eigenvalue weighted by atomic mass is 10.0. The topological polar surface area (TPSA) is 45.2 Å². The number of nitrogens with zero attached hydrogens (tertiary/aromatic N) is 2. The lowest BCUT2D eigenvalue weighted by Crippen LogP contribution is -2.29. The van der Waals surface area contributed by atoms with E-state index in [0.717, 1.165) is 58.3 Å². The van der Waals surface area contributed by atoms with Crippen LogP contribution in [0.5, 0.6) is 0 Å². The average molecular weight is 532 g/mol. The number of fused-ring (bicyclic) bond motifs is 2. The fourth-order valence-electron chi connectivity index (χ4n) is 4.64. The molecule has 2 aromatic heterocycles. The molecule has 5 aromatic rings. The largest absolute Gasteiger partial charge is 0.313 e. The monoisotopic (exact) mass is 531 g/mol. The highest BCUT2D eigenvalue weighted by molar-refractivity contribution is 7.23. The number of para-hydroxylation sites is 1. The molecule has 0 aliphatic carbocycles. The van der Waals surface area contributed by atoms with E-state index in [1.165, 1.54) is 15.1 Å². The van der Waals surface area contributed by atoms with Crippen LogP contribution in [0, 0.1) is 0 Å². The van der Waals surface area contributed by atoms with Gasteiger partial charge in [0.25, 0.3) is 5.91 Å². The van der Waals surface area contributed by atoms with E-state index < -0.39 is 0 Å². The molecule has 0 radical (unpaired) electrons. The van der Waals surface area contributed by atoms with E-state index >= 15 is 0 Å². The van der Waals surface area contributed by atoms with E-state index in [0.29, 0.717) is 5.56 Å². The highest BCUT2D eigenvalue weighted by Gasteiger charge is 2.27. The molecule has 0 unspecified atom stereocenters. The minimum Gasteiger partial charge on any atom is -0.313 e. The molecule has 0 fully saturated rings. The molecule has 1 aliphatic heterocycles. The van der Waals surface area contributed by atoms with Gasteiger partial charge in [-0.3, -0.25) is 9.69 Å². The zero-order chi connectivity index (χ0) is 23.8. The predicted octanol–water partition coefficient (Wildman–Crippen LogP) is 7.74. The Labute approximate surface area is 225 Å². The van der Waals surface area contributed by atoms with E-state index in [2.05, 4.69) is 41.4 Å². The summed E-state index contributed by atoms with van der Waals surface area (Å²) in [5.41, 5.74) is 6.35. The fraction of sp³-hybridized carbons (Fsp3) is 0.172. The Morgan fingerprint density at radius 3 is 2.42 bits per heavy atom. The van der Waals surface area contributed by atoms with Crippen molar-refractivity contribution < 1.29 is 4.79 Å². The highest BCUT2D eigenvalue weighted by Crippen LogP contribution is 2.45. The third-order valence-corrected chi connectivity index (χ3v) is 8.76. The molecule has 3 heterocycles. The number of likely N-dealkylation sites (N-methyl/N-ethyl adjacent to an activating group) is 1. The van der Waals surface area contributed by atoms with Crippen molar-refractivity contribution in [3.63, 3.8) is 0 Å². The van der Waals surface area contributed by atoms with E-state index in [1.54, 1.807) is 22.7 Å². The van der Waals surface area contributed by atoms with E-state index in [4.69, 9.17) is 4.98 Å². The number of aromatic nitrogens is 1. The van der Waals surface area contributed by atoms with Crippen molar-refractivity contribution in [3.8, 4) is 21.7 Å². The molecule has 1 aliphatic rings. The first kappa shape index (κ1) is 24.7. The van der Waals surface area contributed by atoms with Crippen molar-refractivity contribution in [2.24, 2.45) is 0 Å². The second kappa shape index (κ2) is 10.5. The number of hydrogen-bond acceptors (Lipinski definition) is 5. The van der Waals surface area contributed by atoms with Crippen molar-refractivity contribution in [1.29, 1.82) is 0 Å². The SMILES string of the molecule is CCN1CCc2c(sc(NC(=O)c3ccc(-c4ccccc4)cc3)c2-c2nc3ccccc3s2)C1.Cl. The molecule has 7 heteroatoms. The molecule has 0 saturated heterocycles. The van der Waals surface area contributed by atoms with Crippen molar-refractivity contribution >= 4 is 56.2 Å². The van der Waals surface area contributed by atoms with Gasteiger partial charge in [0.1, 0.15) is 10.0 Å². The first-order chi connectivity index (χ1) is 17.2. The summed E-state index contributed by atoms with van der Waals surface area (Å²) in [6.45, 7) is 5.20. The van der Waals surface area contributed by atoms with E-state index in [9.17, 15) is 4.79 Å². The standard InChI is InChI=1S/C29H25N3OS2.ClH/c1-2-32-17-16-22-25(18-32)35-29(26(22)28-30-23-10-6-7-11-24(23)34-28)31-27(33)21-14-12-20(13-15-21)19-8-4-3-5-9-19;/h3-15H,2,16-18H2,1H3,(H,31,33);1H. The molecule has 0 bridgehead atoms.